The molecule has 0 unspecified atom stereocenters. The largest absolute Gasteiger partial charge is 0.494 e. The predicted molar refractivity (Wildman–Crippen MR) is 85.2 cm³/mol. The van der Waals surface area contributed by atoms with Crippen LogP contribution in [0, 0.1) is 5.41 Å². The van der Waals surface area contributed by atoms with Crippen molar-refractivity contribution in [1.29, 1.82) is 0 Å². The number of aryl methyl sites for hydroxylation is 1. The smallest absolute Gasteiger partial charge is 0.120 e. The van der Waals surface area contributed by atoms with Gasteiger partial charge in [-0.2, -0.15) is 0 Å². The zero-order valence-electron chi connectivity index (χ0n) is 12.9. The van der Waals surface area contributed by atoms with Gasteiger partial charge in [-0.15, -0.1) is 0 Å². The molecule has 3 heteroatoms. The van der Waals surface area contributed by atoms with Crippen molar-refractivity contribution < 1.29 is 4.74 Å². The van der Waals surface area contributed by atoms with Crippen molar-refractivity contribution in [3.63, 3.8) is 0 Å². The summed E-state index contributed by atoms with van der Waals surface area (Å²) in [5.41, 5.74) is 7.30. The molecule has 1 heterocycles. The molecular weight excluding hydrogens is 248 g/mol. The molecule has 1 aromatic carbocycles. The van der Waals surface area contributed by atoms with Gasteiger partial charge in [-0.3, -0.25) is 0 Å². The van der Waals surface area contributed by atoms with Crippen molar-refractivity contribution in [3.8, 4) is 5.75 Å². The standard InChI is InChI=1S/C17H26N2O/c1-4-20-15-6-7-16-14(12-15)8-11-19(16)10-5-9-17(2,3)13-18/h6-8,11-12H,4-5,9-10,13,18H2,1-3H3. The molecular formula is C17H26N2O. The van der Waals surface area contributed by atoms with Gasteiger partial charge in [-0.25, -0.2) is 0 Å². The molecule has 0 atom stereocenters. The second-order valence-electron chi connectivity index (χ2n) is 6.13. The van der Waals surface area contributed by atoms with Crippen LogP contribution >= 0.6 is 0 Å². The second-order valence-corrected chi connectivity index (χ2v) is 6.13. The van der Waals surface area contributed by atoms with Crippen molar-refractivity contribution in [2.45, 2.75) is 40.2 Å². The van der Waals surface area contributed by atoms with Crippen LogP contribution in [0.15, 0.2) is 30.5 Å². The van der Waals surface area contributed by atoms with Crippen LogP contribution in [0.4, 0.5) is 0 Å². The quantitative estimate of drug-likeness (QED) is 0.834. The molecule has 2 rings (SSSR count). The van der Waals surface area contributed by atoms with Crippen LogP contribution in [-0.2, 0) is 6.54 Å². The molecule has 0 aliphatic heterocycles. The van der Waals surface area contributed by atoms with E-state index < -0.39 is 0 Å². The van der Waals surface area contributed by atoms with Crippen molar-refractivity contribution in [1.82, 2.24) is 4.57 Å². The molecule has 0 bridgehead atoms. The zero-order chi connectivity index (χ0) is 14.6. The molecule has 3 nitrogen and oxygen atoms in total. The summed E-state index contributed by atoms with van der Waals surface area (Å²) in [5.74, 6) is 0.946. The van der Waals surface area contributed by atoms with Crippen LogP contribution < -0.4 is 10.5 Å². The number of nitrogens with zero attached hydrogens (tertiary/aromatic N) is 1. The van der Waals surface area contributed by atoms with Crippen LogP contribution in [0.3, 0.4) is 0 Å². The summed E-state index contributed by atoms with van der Waals surface area (Å²) in [5, 5.41) is 1.24. The van der Waals surface area contributed by atoms with E-state index in [1.807, 2.05) is 13.0 Å². The summed E-state index contributed by atoms with van der Waals surface area (Å²) < 4.78 is 7.86. The molecule has 0 spiro atoms. The summed E-state index contributed by atoms with van der Waals surface area (Å²) in [6, 6.07) is 8.46. The van der Waals surface area contributed by atoms with E-state index >= 15 is 0 Å². The Bertz CT molecular complexity index is 557. The van der Waals surface area contributed by atoms with E-state index in [9.17, 15) is 0 Å². The minimum atomic E-state index is 0.241. The molecule has 0 saturated heterocycles. The molecule has 0 amide bonds. The van der Waals surface area contributed by atoms with Crippen LogP contribution in [0.2, 0.25) is 0 Å². The second kappa shape index (κ2) is 6.31. The minimum absolute atomic E-state index is 0.241. The van der Waals surface area contributed by atoms with Gasteiger partial charge in [0.25, 0.3) is 0 Å². The fraction of sp³-hybridized carbons (Fsp3) is 0.529. The lowest BCUT2D eigenvalue weighted by atomic mass is 9.88. The third-order valence-electron chi connectivity index (χ3n) is 3.86. The van der Waals surface area contributed by atoms with Crippen LogP contribution in [0.25, 0.3) is 10.9 Å². The number of hydrogen-bond donors (Lipinski definition) is 1. The van der Waals surface area contributed by atoms with Crippen LogP contribution in [0.1, 0.15) is 33.6 Å². The number of nitrogens with two attached hydrogens (primary N) is 1. The summed E-state index contributed by atoms with van der Waals surface area (Å²) in [6.07, 6.45) is 4.47. The average molecular weight is 274 g/mol. The van der Waals surface area contributed by atoms with E-state index in [-0.39, 0.29) is 5.41 Å². The maximum absolute atomic E-state index is 5.78. The van der Waals surface area contributed by atoms with E-state index in [4.69, 9.17) is 10.5 Å². The SMILES string of the molecule is CCOc1ccc2c(ccn2CCCC(C)(C)CN)c1. The maximum Gasteiger partial charge on any atom is 0.120 e. The number of ether oxygens (including phenoxy) is 1. The monoisotopic (exact) mass is 274 g/mol. The lowest BCUT2D eigenvalue weighted by Gasteiger charge is -2.22. The maximum atomic E-state index is 5.78. The van der Waals surface area contributed by atoms with E-state index in [1.54, 1.807) is 0 Å². The van der Waals surface area contributed by atoms with Crippen molar-refractivity contribution in [2.75, 3.05) is 13.2 Å². The third-order valence-corrected chi connectivity index (χ3v) is 3.86. The van der Waals surface area contributed by atoms with Gasteiger partial charge < -0.3 is 15.0 Å². The Balaban J connectivity index is 2.04. The Labute approximate surface area is 121 Å². The summed E-state index contributed by atoms with van der Waals surface area (Å²) in [6.45, 7) is 8.97. The van der Waals surface area contributed by atoms with Crippen LogP contribution in [-0.4, -0.2) is 17.7 Å². The van der Waals surface area contributed by atoms with Gasteiger partial charge in [-0.05, 0) is 56.0 Å². The van der Waals surface area contributed by atoms with Gasteiger partial charge in [0.05, 0.1) is 6.61 Å². The molecule has 110 valence electrons. The van der Waals surface area contributed by atoms with Gasteiger partial charge in [0.2, 0.25) is 0 Å². The van der Waals surface area contributed by atoms with Gasteiger partial charge in [-0.1, -0.05) is 13.8 Å². The highest BCUT2D eigenvalue weighted by atomic mass is 16.5. The van der Waals surface area contributed by atoms with E-state index in [0.29, 0.717) is 6.61 Å². The predicted octanol–water partition coefficient (Wildman–Crippen LogP) is 3.81. The first-order valence-corrected chi connectivity index (χ1v) is 7.47. The molecule has 0 fully saturated rings. The minimum Gasteiger partial charge on any atom is -0.494 e. The van der Waals surface area contributed by atoms with Crippen molar-refractivity contribution >= 4 is 10.9 Å². The Morgan fingerprint density at radius 3 is 2.75 bits per heavy atom. The molecule has 20 heavy (non-hydrogen) atoms. The highest BCUT2D eigenvalue weighted by Gasteiger charge is 2.14. The van der Waals surface area contributed by atoms with Crippen molar-refractivity contribution in [2.24, 2.45) is 11.1 Å². The average Bonchev–Trinajstić information content (AvgIpc) is 2.82. The molecule has 0 saturated carbocycles. The molecule has 0 aliphatic carbocycles. The first-order chi connectivity index (χ1) is 9.55. The summed E-state index contributed by atoms with van der Waals surface area (Å²) >= 11 is 0. The summed E-state index contributed by atoms with van der Waals surface area (Å²) in [7, 11) is 0. The van der Waals surface area contributed by atoms with E-state index in [1.165, 1.54) is 10.9 Å². The Kier molecular flexibility index (Phi) is 4.71. The van der Waals surface area contributed by atoms with Crippen molar-refractivity contribution in [3.05, 3.63) is 30.5 Å². The van der Waals surface area contributed by atoms with Gasteiger partial charge >= 0.3 is 0 Å². The first kappa shape index (κ1) is 14.9. The Hall–Kier alpha value is -1.48. The topological polar surface area (TPSA) is 40.2 Å². The van der Waals surface area contributed by atoms with Gasteiger partial charge in [0.1, 0.15) is 5.75 Å². The highest BCUT2D eigenvalue weighted by Crippen LogP contribution is 2.24. The lowest BCUT2D eigenvalue weighted by molar-refractivity contribution is 0.328. The normalized spacial score (nSPS) is 12.0. The number of benzene rings is 1. The fourth-order valence-corrected chi connectivity index (χ4v) is 2.46. The number of rotatable bonds is 7. The molecule has 2 aromatic rings. The van der Waals surface area contributed by atoms with Crippen LogP contribution in [0.5, 0.6) is 5.75 Å². The number of hydrogen-bond acceptors (Lipinski definition) is 2. The van der Waals surface area contributed by atoms with Gasteiger partial charge in [0, 0.05) is 23.6 Å². The van der Waals surface area contributed by atoms with E-state index in [0.717, 1.165) is 31.7 Å². The first-order valence-electron chi connectivity index (χ1n) is 7.47. The Morgan fingerprint density at radius 1 is 1.25 bits per heavy atom. The Morgan fingerprint density at radius 2 is 2.05 bits per heavy atom. The molecule has 2 N–H and O–H groups in total. The molecule has 0 radical (unpaired) electrons. The zero-order valence-corrected chi connectivity index (χ0v) is 12.9. The lowest BCUT2D eigenvalue weighted by Crippen LogP contribution is -2.23. The van der Waals surface area contributed by atoms with Gasteiger partial charge in [0.15, 0.2) is 0 Å². The van der Waals surface area contributed by atoms with E-state index in [2.05, 4.69) is 42.8 Å². The molecule has 0 aliphatic rings. The third kappa shape index (κ3) is 3.54. The summed E-state index contributed by atoms with van der Waals surface area (Å²) in [4.78, 5) is 0. The number of aromatic nitrogens is 1. The number of fused-ring (bicyclic) bond motifs is 1. The fourth-order valence-electron chi connectivity index (χ4n) is 2.46. The highest BCUT2D eigenvalue weighted by molar-refractivity contribution is 5.81. The molecule has 1 aromatic heterocycles.